The number of carboxylic acids is 1. The van der Waals surface area contributed by atoms with E-state index in [9.17, 15) is 14.7 Å². The van der Waals surface area contributed by atoms with E-state index in [2.05, 4.69) is 0 Å². The van der Waals surface area contributed by atoms with E-state index in [1.165, 1.54) is 0 Å². The third kappa shape index (κ3) is 1.20. The van der Waals surface area contributed by atoms with E-state index >= 15 is 0 Å². The maximum absolute atomic E-state index is 11.5. The number of hydrogen-bond donors (Lipinski definition) is 1. The standard InChI is InChI=1S/C11H19NO3/c1-9(2)10(3,7(12)13)5-6-11(9,4)8(14)15/h5-6H2,1-4H3,(H2,12,13)(H,14,15)/p-1/t10-,11-/m1/s1. The van der Waals surface area contributed by atoms with Crippen LogP contribution < -0.4 is 10.8 Å². The molecule has 0 aliphatic heterocycles. The molecule has 0 saturated heterocycles. The number of amides is 1. The smallest absolute Gasteiger partial charge is 0.223 e. The molecule has 15 heavy (non-hydrogen) atoms. The normalized spacial score (nSPS) is 38.9. The Hall–Kier alpha value is -1.06. The van der Waals surface area contributed by atoms with E-state index in [0.717, 1.165) is 0 Å². The molecule has 4 nitrogen and oxygen atoms in total. The van der Waals surface area contributed by atoms with Crippen LogP contribution >= 0.6 is 0 Å². The molecule has 0 bridgehead atoms. The monoisotopic (exact) mass is 212 g/mol. The van der Waals surface area contributed by atoms with Crippen molar-refractivity contribution >= 4 is 11.9 Å². The lowest BCUT2D eigenvalue weighted by atomic mass is 9.59. The minimum Gasteiger partial charge on any atom is -0.550 e. The highest BCUT2D eigenvalue weighted by atomic mass is 16.4. The number of primary amides is 1. The van der Waals surface area contributed by atoms with Crippen LogP contribution in [-0.2, 0) is 9.59 Å². The summed E-state index contributed by atoms with van der Waals surface area (Å²) in [7, 11) is 0. The minimum absolute atomic E-state index is 0.432. The average molecular weight is 212 g/mol. The van der Waals surface area contributed by atoms with Gasteiger partial charge in [0, 0.05) is 11.4 Å². The first kappa shape index (κ1) is 12.0. The number of nitrogens with two attached hydrogens (primary N) is 1. The maximum Gasteiger partial charge on any atom is 0.223 e. The molecule has 4 heteroatoms. The molecule has 1 aliphatic rings. The molecule has 2 atom stereocenters. The molecule has 0 spiro atoms. The van der Waals surface area contributed by atoms with Crippen LogP contribution in [0.2, 0.25) is 0 Å². The quantitative estimate of drug-likeness (QED) is 0.702. The zero-order valence-electron chi connectivity index (χ0n) is 9.72. The summed E-state index contributed by atoms with van der Waals surface area (Å²) < 4.78 is 0. The Morgan fingerprint density at radius 2 is 1.47 bits per heavy atom. The molecule has 86 valence electrons. The molecule has 0 radical (unpaired) electrons. The predicted octanol–water partition coefficient (Wildman–Crippen LogP) is 0.0542. The molecular formula is C11H18NO3-. The first-order chi connectivity index (χ1) is 6.59. The molecule has 0 aromatic rings. The van der Waals surface area contributed by atoms with Crippen molar-refractivity contribution in [2.45, 2.75) is 40.5 Å². The lowest BCUT2D eigenvalue weighted by Crippen LogP contribution is -2.53. The van der Waals surface area contributed by atoms with Crippen molar-refractivity contribution in [2.75, 3.05) is 0 Å². The molecular weight excluding hydrogens is 194 g/mol. The highest BCUT2D eigenvalue weighted by Crippen LogP contribution is 2.62. The number of carboxylic acid groups (broad SMARTS) is 1. The molecule has 1 amide bonds. The number of aliphatic carboxylic acids is 1. The first-order valence-corrected chi connectivity index (χ1v) is 5.11. The first-order valence-electron chi connectivity index (χ1n) is 5.11. The molecule has 0 aromatic carbocycles. The summed E-state index contributed by atoms with van der Waals surface area (Å²) in [6.45, 7) is 6.93. The van der Waals surface area contributed by atoms with Crippen LogP contribution in [0.5, 0.6) is 0 Å². The third-order valence-corrected chi connectivity index (χ3v) is 4.88. The van der Waals surface area contributed by atoms with Gasteiger partial charge in [-0.3, -0.25) is 4.79 Å². The van der Waals surface area contributed by atoms with Crippen molar-refractivity contribution in [3.63, 3.8) is 0 Å². The molecule has 2 N–H and O–H groups in total. The van der Waals surface area contributed by atoms with Crippen molar-refractivity contribution in [3.05, 3.63) is 0 Å². The fraction of sp³-hybridized carbons (Fsp3) is 0.818. The van der Waals surface area contributed by atoms with Crippen LogP contribution in [0.15, 0.2) is 0 Å². The maximum atomic E-state index is 11.5. The van der Waals surface area contributed by atoms with Crippen molar-refractivity contribution in [3.8, 4) is 0 Å². The fourth-order valence-electron chi connectivity index (χ4n) is 2.52. The second-order valence-electron chi connectivity index (χ2n) is 5.44. The zero-order valence-corrected chi connectivity index (χ0v) is 9.72. The molecule has 1 fully saturated rings. The van der Waals surface area contributed by atoms with Gasteiger partial charge in [0.15, 0.2) is 0 Å². The van der Waals surface area contributed by atoms with Gasteiger partial charge in [-0.15, -0.1) is 0 Å². The Morgan fingerprint density at radius 1 is 1.07 bits per heavy atom. The van der Waals surface area contributed by atoms with Crippen molar-refractivity contribution in [1.29, 1.82) is 0 Å². The van der Waals surface area contributed by atoms with Crippen LogP contribution in [0.1, 0.15) is 40.5 Å². The fourth-order valence-corrected chi connectivity index (χ4v) is 2.52. The van der Waals surface area contributed by atoms with Gasteiger partial charge >= 0.3 is 0 Å². The summed E-state index contributed by atoms with van der Waals surface area (Å²) in [5.41, 5.74) is 2.92. The second kappa shape index (κ2) is 2.97. The summed E-state index contributed by atoms with van der Waals surface area (Å²) in [4.78, 5) is 22.6. The van der Waals surface area contributed by atoms with E-state index < -0.39 is 28.1 Å². The molecule has 1 saturated carbocycles. The Morgan fingerprint density at radius 3 is 1.67 bits per heavy atom. The van der Waals surface area contributed by atoms with Crippen LogP contribution in [0, 0.1) is 16.2 Å². The van der Waals surface area contributed by atoms with Gasteiger partial charge in [0.25, 0.3) is 0 Å². The van der Waals surface area contributed by atoms with Gasteiger partial charge < -0.3 is 15.6 Å². The van der Waals surface area contributed by atoms with Crippen LogP contribution in [0.4, 0.5) is 0 Å². The number of hydrogen-bond acceptors (Lipinski definition) is 3. The van der Waals surface area contributed by atoms with Gasteiger partial charge in [0.2, 0.25) is 5.91 Å². The Balaban J connectivity index is 3.26. The van der Waals surface area contributed by atoms with Gasteiger partial charge in [-0.05, 0) is 18.3 Å². The van der Waals surface area contributed by atoms with Gasteiger partial charge in [-0.2, -0.15) is 0 Å². The SMILES string of the molecule is CC1(C)[C@@](C)(C(N)=O)CC[C@]1(C)C(=O)[O-]. The van der Waals surface area contributed by atoms with E-state index in [4.69, 9.17) is 5.73 Å². The van der Waals surface area contributed by atoms with Crippen LogP contribution in [-0.4, -0.2) is 11.9 Å². The average Bonchev–Trinajstić information content (AvgIpc) is 2.28. The summed E-state index contributed by atoms with van der Waals surface area (Å²) in [6.07, 6.45) is 0.932. The molecule has 0 unspecified atom stereocenters. The van der Waals surface area contributed by atoms with E-state index in [1.807, 2.05) is 0 Å². The zero-order chi connectivity index (χ0) is 12.1. The van der Waals surface area contributed by atoms with Gasteiger partial charge in [0.05, 0.1) is 5.41 Å². The number of carbonyl (C=O) groups is 2. The lowest BCUT2D eigenvalue weighted by Gasteiger charge is -2.46. The van der Waals surface area contributed by atoms with E-state index in [0.29, 0.717) is 12.8 Å². The van der Waals surface area contributed by atoms with Gasteiger partial charge in [-0.1, -0.05) is 27.7 Å². The minimum atomic E-state index is -1.10. The molecule has 1 rings (SSSR count). The number of rotatable bonds is 2. The van der Waals surface area contributed by atoms with Crippen molar-refractivity contribution < 1.29 is 14.7 Å². The Labute approximate surface area is 89.8 Å². The summed E-state index contributed by atoms with van der Waals surface area (Å²) in [5.74, 6) is -1.53. The van der Waals surface area contributed by atoms with E-state index in [-0.39, 0.29) is 0 Å². The Kier molecular flexibility index (Phi) is 2.38. The predicted molar refractivity (Wildman–Crippen MR) is 53.4 cm³/mol. The van der Waals surface area contributed by atoms with E-state index in [1.54, 1.807) is 27.7 Å². The lowest BCUT2D eigenvalue weighted by molar-refractivity contribution is -0.323. The second-order valence-corrected chi connectivity index (χ2v) is 5.44. The number of carbonyl (C=O) groups excluding carboxylic acids is 2. The summed E-state index contributed by atoms with van der Waals surface area (Å²) in [5, 5.41) is 11.2. The summed E-state index contributed by atoms with van der Waals surface area (Å²) >= 11 is 0. The largest absolute Gasteiger partial charge is 0.550 e. The topological polar surface area (TPSA) is 83.2 Å². The van der Waals surface area contributed by atoms with Gasteiger partial charge in [-0.25, -0.2) is 0 Å². The highest BCUT2D eigenvalue weighted by Gasteiger charge is 2.61. The van der Waals surface area contributed by atoms with Crippen molar-refractivity contribution in [1.82, 2.24) is 0 Å². The van der Waals surface area contributed by atoms with Gasteiger partial charge in [0.1, 0.15) is 0 Å². The Bertz CT molecular complexity index is 294. The van der Waals surface area contributed by atoms with Crippen LogP contribution in [0.3, 0.4) is 0 Å². The van der Waals surface area contributed by atoms with Crippen molar-refractivity contribution in [2.24, 2.45) is 22.0 Å². The third-order valence-electron chi connectivity index (χ3n) is 4.88. The highest BCUT2D eigenvalue weighted by molar-refractivity contribution is 5.85. The van der Waals surface area contributed by atoms with Crippen LogP contribution in [0.25, 0.3) is 0 Å². The molecule has 0 heterocycles. The molecule has 1 aliphatic carbocycles. The molecule has 0 aromatic heterocycles. The summed E-state index contributed by atoms with van der Waals surface area (Å²) in [6, 6.07) is 0.